The Morgan fingerprint density at radius 3 is 2.64 bits per heavy atom. The maximum Gasteiger partial charge on any atom is 0.335 e. The van der Waals surface area contributed by atoms with Gasteiger partial charge in [0, 0.05) is 24.7 Å². The molecule has 1 aliphatic rings. The molecule has 2 N–H and O–H groups in total. The first-order chi connectivity index (χ1) is 13.4. The minimum absolute atomic E-state index is 0.148. The number of hydrogen-bond donors (Lipinski definition) is 2. The Kier molecular flexibility index (Phi) is 6.27. The van der Waals surface area contributed by atoms with Crippen LogP contribution in [0, 0.1) is 0 Å². The van der Waals surface area contributed by atoms with E-state index in [0.29, 0.717) is 33.6 Å². The number of carbonyl (C=O) groups excluding carboxylic acids is 2. The lowest BCUT2D eigenvalue weighted by atomic mass is 10.2. The lowest BCUT2D eigenvalue weighted by Gasteiger charge is -2.14. The van der Waals surface area contributed by atoms with Gasteiger partial charge in [-0.3, -0.25) is 14.5 Å². The van der Waals surface area contributed by atoms with E-state index in [4.69, 9.17) is 21.7 Å². The molecule has 0 aliphatic carbocycles. The molecule has 144 valence electrons. The number of nitrogens with zero attached hydrogens (tertiary/aromatic N) is 1. The Morgan fingerprint density at radius 2 is 2.00 bits per heavy atom. The van der Waals surface area contributed by atoms with Crippen LogP contribution in [0.2, 0.25) is 0 Å². The molecule has 9 heteroatoms. The third-order valence-electron chi connectivity index (χ3n) is 3.89. The van der Waals surface area contributed by atoms with Crippen LogP contribution in [0.3, 0.4) is 0 Å². The van der Waals surface area contributed by atoms with Gasteiger partial charge in [-0.15, -0.1) is 0 Å². The maximum atomic E-state index is 12.5. The molecule has 0 saturated carbocycles. The van der Waals surface area contributed by atoms with Crippen molar-refractivity contribution in [2.24, 2.45) is 0 Å². The second kappa shape index (κ2) is 8.85. The number of nitrogens with one attached hydrogen (secondary N) is 1. The normalized spacial score (nSPS) is 15.3. The molecule has 28 heavy (non-hydrogen) atoms. The summed E-state index contributed by atoms with van der Waals surface area (Å²) >= 11 is 6.46. The number of hydrogen-bond acceptors (Lipinski definition) is 6. The van der Waals surface area contributed by atoms with E-state index < -0.39 is 5.97 Å². The van der Waals surface area contributed by atoms with E-state index in [1.54, 1.807) is 18.2 Å². The van der Waals surface area contributed by atoms with Crippen molar-refractivity contribution in [1.82, 2.24) is 4.90 Å². The lowest BCUT2D eigenvalue weighted by Crippen LogP contribution is -2.29. The maximum absolute atomic E-state index is 12.5. The number of carbonyl (C=O) groups is 3. The molecular formula is C19H16N2O5S2. The van der Waals surface area contributed by atoms with Crippen molar-refractivity contribution in [3.05, 3.63) is 58.9 Å². The first kappa shape index (κ1) is 19.8. The third-order valence-corrected chi connectivity index (χ3v) is 5.27. The molecule has 2 amide bonds. The van der Waals surface area contributed by atoms with E-state index in [0.717, 1.165) is 0 Å². The standard InChI is InChI=1S/C19H16N2O5S2/c22-16(20-13-7-5-12(6-8-13)18(24)25)4-1-9-21-17(23)15(28-19(21)27)11-14-3-2-10-26-14/h2-3,5-8,10-11H,1,4,9H2,(H,20,22)(H,24,25). The monoisotopic (exact) mass is 416 g/mol. The molecular weight excluding hydrogens is 400 g/mol. The average Bonchev–Trinajstić information content (AvgIpc) is 3.26. The van der Waals surface area contributed by atoms with Gasteiger partial charge in [0.25, 0.3) is 5.91 Å². The van der Waals surface area contributed by atoms with Gasteiger partial charge in [0.05, 0.1) is 16.7 Å². The number of furan rings is 1. The quantitative estimate of drug-likeness (QED) is 0.525. The Morgan fingerprint density at radius 1 is 1.25 bits per heavy atom. The zero-order valence-electron chi connectivity index (χ0n) is 14.6. The molecule has 0 radical (unpaired) electrons. The van der Waals surface area contributed by atoms with Crippen molar-refractivity contribution in [3.63, 3.8) is 0 Å². The van der Waals surface area contributed by atoms with Crippen LogP contribution in [-0.4, -0.2) is 38.7 Å². The molecule has 1 aliphatic heterocycles. The highest BCUT2D eigenvalue weighted by atomic mass is 32.2. The van der Waals surface area contributed by atoms with Gasteiger partial charge in [-0.25, -0.2) is 4.79 Å². The topological polar surface area (TPSA) is 99.9 Å². The van der Waals surface area contributed by atoms with Crippen molar-refractivity contribution in [3.8, 4) is 0 Å². The number of thioether (sulfide) groups is 1. The second-order valence-corrected chi connectivity index (χ2v) is 7.56. The van der Waals surface area contributed by atoms with Crippen LogP contribution in [0.1, 0.15) is 29.0 Å². The van der Waals surface area contributed by atoms with Gasteiger partial charge in [-0.05, 0) is 42.8 Å². The van der Waals surface area contributed by atoms with E-state index in [1.807, 2.05) is 0 Å². The number of aromatic carboxylic acids is 1. The molecule has 0 spiro atoms. The number of anilines is 1. The van der Waals surface area contributed by atoms with Gasteiger partial charge < -0.3 is 14.8 Å². The van der Waals surface area contributed by atoms with Gasteiger partial charge in [0.2, 0.25) is 5.91 Å². The van der Waals surface area contributed by atoms with Gasteiger partial charge in [-0.1, -0.05) is 24.0 Å². The summed E-state index contributed by atoms with van der Waals surface area (Å²) in [5.74, 6) is -0.869. The van der Waals surface area contributed by atoms with Gasteiger partial charge >= 0.3 is 5.97 Å². The van der Waals surface area contributed by atoms with Gasteiger partial charge in [0.1, 0.15) is 10.1 Å². The van der Waals surface area contributed by atoms with Crippen LogP contribution in [-0.2, 0) is 9.59 Å². The Balaban J connectivity index is 1.49. The average molecular weight is 416 g/mol. The summed E-state index contributed by atoms with van der Waals surface area (Å²) in [6.45, 7) is 0.339. The van der Waals surface area contributed by atoms with Crippen LogP contribution < -0.4 is 5.32 Å². The Labute approximate surface area is 170 Å². The molecule has 0 atom stereocenters. The van der Waals surface area contributed by atoms with Crippen LogP contribution >= 0.6 is 24.0 Å². The van der Waals surface area contributed by atoms with Gasteiger partial charge in [-0.2, -0.15) is 0 Å². The largest absolute Gasteiger partial charge is 0.478 e. The first-order valence-corrected chi connectivity index (χ1v) is 9.58. The summed E-state index contributed by atoms with van der Waals surface area (Å²) < 4.78 is 5.67. The smallest absolute Gasteiger partial charge is 0.335 e. The summed E-state index contributed by atoms with van der Waals surface area (Å²) in [6.07, 6.45) is 3.82. The molecule has 0 unspecified atom stereocenters. The van der Waals surface area contributed by atoms with E-state index in [-0.39, 0.29) is 23.8 Å². The highest BCUT2D eigenvalue weighted by Crippen LogP contribution is 2.32. The molecule has 7 nitrogen and oxygen atoms in total. The van der Waals surface area contributed by atoms with Crippen molar-refractivity contribution in [2.75, 3.05) is 11.9 Å². The first-order valence-electron chi connectivity index (χ1n) is 8.36. The minimum atomic E-state index is -1.03. The van der Waals surface area contributed by atoms with Crippen LogP contribution in [0.4, 0.5) is 5.69 Å². The molecule has 1 saturated heterocycles. The lowest BCUT2D eigenvalue weighted by molar-refractivity contribution is -0.122. The van der Waals surface area contributed by atoms with Crippen LogP contribution in [0.15, 0.2) is 52.0 Å². The van der Waals surface area contributed by atoms with Crippen molar-refractivity contribution < 1.29 is 23.9 Å². The van der Waals surface area contributed by atoms with Crippen molar-refractivity contribution in [1.29, 1.82) is 0 Å². The number of carboxylic acids is 1. The van der Waals surface area contributed by atoms with Crippen molar-refractivity contribution in [2.45, 2.75) is 12.8 Å². The number of thiocarbonyl (C=S) groups is 1. The predicted molar refractivity (Wildman–Crippen MR) is 110 cm³/mol. The van der Waals surface area contributed by atoms with Crippen LogP contribution in [0.25, 0.3) is 6.08 Å². The van der Waals surface area contributed by atoms with Gasteiger partial charge in [0.15, 0.2) is 0 Å². The Hall–Kier alpha value is -2.91. The summed E-state index contributed by atoms with van der Waals surface area (Å²) in [6, 6.07) is 9.39. The molecule has 1 aromatic carbocycles. The molecule has 0 bridgehead atoms. The fraction of sp³-hybridized carbons (Fsp3) is 0.158. The second-order valence-electron chi connectivity index (χ2n) is 5.88. The third kappa shape index (κ3) is 4.87. The zero-order chi connectivity index (χ0) is 20.1. The summed E-state index contributed by atoms with van der Waals surface area (Å²) in [7, 11) is 0. The highest BCUT2D eigenvalue weighted by Gasteiger charge is 2.31. The molecule has 3 rings (SSSR count). The van der Waals surface area contributed by atoms with E-state index in [9.17, 15) is 14.4 Å². The molecule has 1 aromatic heterocycles. The SMILES string of the molecule is O=C(CCCN1C(=O)C(=Cc2ccco2)SC1=S)Nc1ccc(C(=O)O)cc1. The Bertz CT molecular complexity index is 936. The summed E-state index contributed by atoms with van der Waals surface area (Å²) in [5.41, 5.74) is 0.664. The number of amides is 2. The fourth-order valence-electron chi connectivity index (χ4n) is 2.51. The summed E-state index contributed by atoms with van der Waals surface area (Å²) in [5, 5.41) is 11.6. The van der Waals surface area contributed by atoms with Crippen LogP contribution in [0.5, 0.6) is 0 Å². The molecule has 2 aromatic rings. The fourth-order valence-corrected chi connectivity index (χ4v) is 3.80. The molecule has 2 heterocycles. The minimum Gasteiger partial charge on any atom is -0.478 e. The number of rotatable bonds is 7. The predicted octanol–water partition coefficient (Wildman–Crippen LogP) is 3.60. The van der Waals surface area contributed by atoms with E-state index >= 15 is 0 Å². The van der Waals surface area contributed by atoms with E-state index in [1.165, 1.54) is 47.2 Å². The number of benzene rings is 1. The van der Waals surface area contributed by atoms with E-state index in [2.05, 4.69) is 5.32 Å². The van der Waals surface area contributed by atoms with Crippen molar-refractivity contribution >= 4 is 57.8 Å². The zero-order valence-corrected chi connectivity index (χ0v) is 16.2. The summed E-state index contributed by atoms with van der Waals surface area (Å²) in [4.78, 5) is 37.3. The number of carboxylic acid groups (broad SMARTS) is 1. The molecule has 1 fully saturated rings. The highest BCUT2D eigenvalue weighted by molar-refractivity contribution is 8.26.